The quantitative estimate of drug-likeness (QED) is 0.689. The van der Waals surface area contributed by atoms with Gasteiger partial charge in [0.25, 0.3) is 0 Å². The summed E-state index contributed by atoms with van der Waals surface area (Å²) in [6, 6.07) is 7.35. The van der Waals surface area contributed by atoms with Crippen molar-refractivity contribution < 1.29 is 14.7 Å². The van der Waals surface area contributed by atoms with Crippen molar-refractivity contribution in [3.8, 4) is 0 Å². The molecule has 1 aromatic carbocycles. The maximum atomic E-state index is 12.3. The zero-order valence-electron chi connectivity index (χ0n) is 12.5. The van der Waals surface area contributed by atoms with Crippen LogP contribution >= 0.6 is 12.6 Å². The first kappa shape index (κ1) is 17.5. The van der Waals surface area contributed by atoms with Gasteiger partial charge in [0.15, 0.2) is 0 Å². The largest absolute Gasteiger partial charge is 0.480 e. The summed E-state index contributed by atoms with van der Waals surface area (Å²) >= 11 is 4.28. The molecule has 1 amide bonds. The van der Waals surface area contributed by atoms with Crippen LogP contribution in [0.3, 0.4) is 0 Å². The van der Waals surface area contributed by atoms with Crippen LogP contribution in [0, 0.1) is 0 Å². The lowest BCUT2D eigenvalue weighted by atomic mass is 10.00. The molecule has 2 atom stereocenters. The maximum absolute atomic E-state index is 12.3. The van der Waals surface area contributed by atoms with Gasteiger partial charge in [-0.2, -0.15) is 12.6 Å². The Kier molecular flexibility index (Phi) is 5.80. The fraction of sp³-hybridized carbons (Fsp3) is 0.467. The molecule has 3 N–H and O–H groups in total. The van der Waals surface area contributed by atoms with E-state index in [4.69, 9.17) is 5.73 Å². The third kappa shape index (κ3) is 4.75. The number of rotatable bonds is 6. The van der Waals surface area contributed by atoms with E-state index in [2.05, 4.69) is 12.6 Å². The second-order valence-corrected chi connectivity index (χ2v) is 6.78. The van der Waals surface area contributed by atoms with Gasteiger partial charge < -0.3 is 15.7 Å². The Morgan fingerprint density at radius 3 is 2.29 bits per heavy atom. The first-order chi connectivity index (χ1) is 9.64. The maximum Gasteiger partial charge on any atom is 0.326 e. The number of benzene rings is 1. The van der Waals surface area contributed by atoms with Crippen LogP contribution in [0.2, 0.25) is 0 Å². The van der Waals surface area contributed by atoms with Crippen LogP contribution in [0.15, 0.2) is 30.3 Å². The number of hydrogen-bond donors (Lipinski definition) is 3. The van der Waals surface area contributed by atoms with Crippen molar-refractivity contribution in [1.82, 2.24) is 4.90 Å². The van der Waals surface area contributed by atoms with Crippen LogP contribution in [0.4, 0.5) is 0 Å². The summed E-state index contributed by atoms with van der Waals surface area (Å²) in [5.41, 5.74) is 6.72. The third-order valence-corrected chi connectivity index (χ3v) is 3.68. The molecule has 0 aliphatic heterocycles. The van der Waals surface area contributed by atoms with Crippen molar-refractivity contribution in [2.45, 2.75) is 37.1 Å². The molecule has 1 rings (SSSR count). The summed E-state index contributed by atoms with van der Waals surface area (Å²) in [4.78, 5) is 25.0. The van der Waals surface area contributed by atoms with Gasteiger partial charge in [-0.05, 0) is 19.4 Å². The monoisotopic (exact) mass is 310 g/mol. The van der Waals surface area contributed by atoms with Gasteiger partial charge in [0.1, 0.15) is 6.04 Å². The normalized spacial score (nSPS) is 14.3. The number of carbonyl (C=O) groups excluding carboxylic acids is 1. The zero-order valence-corrected chi connectivity index (χ0v) is 13.4. The van der Waals surface area contributed by atoms with Gasteiger partial charge in [-0.3, -0.25) is 4.79 Å². The molecule has 1 aromatic rings. The van der Waals surface area contributed by atoms with E-state index in [1.807, 2.05) is 30.3 Å². The Morgan fingerprint density at radius 1 is 1.33 bits per heavy atom. The molecule has 0 aromatic heterocycles. The standard InChI is InChI=1S/C15H22N2O3S/c1-15(2,21)12(16)13(18)17(3)11(14(19)20)9-10-7-5-4-6-8-10/h4-8,11-12,21H,9,16H2,1-3H3,(H,19,20)/t11-,12+/m0/s1. The summed E-state index contributed by atoms with van der Waals surface area (Å²) in [5.74, 6) is -1.49. The number of carboxylic acids is 1. The summed E-state index contributed by atoms with van der Waals surface area (Å²) in [5, 5.41) is 9.38. The van der Waals surface area contributed by atoms with Crippen molar-refractivity contribution in [2.24, 2.45) is 5.73 Å². The lowest BCUT2D eigenvalue weighted by molar-refractivity contribution is -0.149. The Hall–Kier alpha value is -1.53. The molecule has 0 radical (unpaired) electrons. The molecule has 0 fully saturated rings. The Bertz CT molecular complexity index is 499. The Labute approximate surface area is 130 Å². The molecule has 0 bridgehead atoms. The first-order valence-corrected chi connectivity index (χ1v) is 7.10. The van der Waals surface area contributed by atoms with E-state index < -0.39 is 28.7 Å². The van der Waals surface area contributed by atoms with E-state index in [-0.39, 0.29) is 6.42 Å². The highest BCUT2D eigenvalue weighted by Crippen LogP contribution is 2.19. The summed E-state index contributed by atoms with van der Waals surface area (Å²) < 4.78 is -0.721. The van der Waals surface area contributed by atoms with E-state index in [0.29, 0.717) is 0 Å². The second kappa shape index (κ2) is 6.95. The summed E-state index contributed by atoms with van der Waals surface area (Å²) in [6.45, 7) is 3.44. The summed E-state index contributed by atoms with van der Waals surface area (Å²) in [6.07, 6.45) is 0.234. The highest BCUT2D eigenvalue weighted by atomic mass is 32.1. The van der Waals surface area contributed by atoms with Crippen LogP contribution in [0.1, 0.15) is 19.4 Å². The molecule has 116 valence electrons. The van der Waals surface area contributed by atoms with E-state index in [1.54, 1.807) is 13.8 Å². The van der Waals surface area contributed by atoms with Gasteiger partial charge in [0.05, 0.1) is 6.04 Å². The number of hydrogen-bond acceptors (Lipinski definition) is 4. The number of carboxylic acid groups (broad SMARTS) is 1. The van der Waals surface area contributed by atoms with Gasteiger partial charge in [-0.15, -0.1) is 0 Å². The third-order valence-electron chi connectivity index (χ3n) is 3.40. The molecular weight excluding hydrogens is 288 g/mol. The molecule has 0 aliphatic rings. The number of nitrogens with two attached hydrogens (primary N) is 1. The van der Waals surface area contributed by atoms with E-state index >= 15 is 0 Å². The van der Waals surface area contributed by atoms with Crippen LogP contribution in [0.5, 0.6) is 0 Å². The smallest absolute Gasteiger partial charge is 0.326 e. The number of carbonyl (C=O) groups is 2. The minimum atomic E-state index is -1.06. The van der Waals surface area contributed by atoms with E-state index in [0.717, 1.165) is 5.56 Å². The van der Waals surface area contributed by atoms with Crippen LogP contribution in [-0.4, -0.2) is 45.8 Å². The van der Waals surface area contributed by atoms with Gasteiger partial charge in [-0.25, -0.2) is 4.79 Å². The molecule has 0 heterocycles. The van der Waals surface area contributed by atoms with Crippen molar-refractivity contribution >= 4 is 24.5 Å². The summed E-state index contributed by atoms with van der Waals surface area (Å²) in [7, 11) is 1.46. The Morgan fingerprint density at radius 2 is 1.86 bits per heavy atom. The minimum absolute atomic E-state index is 0.234. The predicted molar refractivity (Wildman–Crippen MR) is 85.4 cm³/mol. The SMILES string of the molecule is CN(C(=O)[C@@H](N)C(C)(C)S)[C@@H](Cc1ccccc1)C(=O)O. The molecule has 0 saturated carbocycles. The Balaban J connectivity index is 2.91. The minimum Gasteiger partial charge on any atom is -0.480 e. The number of thiol groups is 1. The van der Waals surface area contributed by atoms with Crippen LogP contribution < -0.4 is 5.73 Å². The number of amides is 1. The van der Waals surface area contributed by atoms with Gasteiger partial charge in [0, 0.05) is 18.2 Å². The first-order valence-electron chi connectivity index (χ1n) is 6.66. The fourth-order valence-electron chi connectivity index (χ4n) is 1.90. The average Bonchev–Trinajstić information content (AvgIpc) is 2.42. The van der Waals surface area contributed by atoms with Crippen LogP contribution in [-0.2, 0) is 16.0 Å². The number of likely N-dealkylation sites (N-methyl/N-ethyl adjacent to an activating group) is 1. The molecular formula is C15H22N2O3S. The fourth-order valence-corrected chi connectivity index (χ4v) is 2.01. The average molecular weight is 310 g/mol. The van der Waals surface area contributed by atoms with Crippen molar-refractivity contribution in [3.05, 3.63) is 35.9 Å². The number of nitrogens with zero attached hydrogens (tertiary/aromatic N) is 1. The molecule has 6 heteroatoms. The molecule has 0 unspecified atom stereocenters. The van der Waals surface area contributed by atoms with Gasteiger partial charge in [-0.1, -0.05) is 30.3 Å². The predicted octanol–water partition coefficient (Wildman–Crippen LogP) is 1.18. The molecule has 0 saturated heterocycles. The van der Waals surface area contributed by atoms with E-state index in [1.165, 1.54) is 11.9 Å². The lowest BCUT2D eigenvalue weighted by Gasteiger charge is -2.32. The molecule has 0 aliphatic carbocycles. The topological polar surface area (TPSA) is 83.6 Å². The molecule has 5 nitrogen and oxygen atoms in total. The lowest BCUT2D eigenvalue weighted by Crippen LogP contribution is -2.55. The van der Waals surface area contributed by atoms with Crippen molar-refractivity contribution in [2.75, 3.05) is 7.05 Å². The van der Waals surface area contributed by atoms with E-state index in [9.17, 15) is 14.7 Å². The second-order valence-electron chi connectivity index (χ2n) is 5.62. The van der Waals surface area contributed by atoms with Gasteiger partial charge >= 0.3 is 5.97 Å². The highest BCUT2D eigenvalue weighted by Gasteiger charge is 2.35. The van der Waals surface area contributed by atoms with Crippen molar-refractivity contribution in [1.29, 1.82) is 0 Å². The van der Waals surface area contributed by atoms with Crippen molar-refractivity contribution in [3.63, 3.8) is 0 Å². The highest BCUT2D eigenvalue weighted by molar-refractivity contribution is 7.81. The number of aliphatic carboxylic acids is 1. The molecule has 21 heavy (non-hydrogen) atoms. The zero-order chi connectivity index (χ0) is 16.2. The van der Waals surface area contributed by atoms with Gasteiger partial charge in [0.2, 0.25) is 5.91 Å². The van der Waals surface area contributed by atoms with Crippen LogP contribution in [0.25, 0.3) is 0 Å². The molecule has 0 spiro atoms.